The number of hydrogen-bond acceptors (Lipinski definition) is 3. The normalized spacial score (nSPS) is 10.8. The van der Waals surface area contributed by atoms with E-state index in [1.807, 2.05) is 36.4 Å². The van der Waals surface area contributed by atoms with Gasteiger partial charge >= 0.3 is 0 Å². The minimum absolute atomic E-state index is 0.0247. The van der Waals surface area contributed by atoms with Crippen molar-refractivity contribution >= 4 is 22.5 Å². The van der Waals surface area contributed by atoms with Crippen molar-refractivity contribution in [1.82, 2.24) is 14.5 Å². The summed E-state index contributed by atoms with van der Waals surface area (Å²) in [5, 5.41) is 1.05. The first kappa shape index (κ1) is 11.9. The minimum atomic E-state index is -0.306. The average Bonchev–Trinajstić information content (AvgIpc) is 2.44. The molecule has 0 aliphatic rings. The number of aromatic nitrogens is 3. The van der Waals surface area contributed by atoms with E-state index in [-0.39, 0.29) is 10.7 Å². The number of nitrogens with zero attached hydrogens (tertiary/aromatic N) is 3. The smallest absolute Gasteiger partial charge is 0.288 e. The highest BCUT2D eigenvalue weighted by Gasteiger charge is 2.04. The van der Waals surface area contributed by atoms with Gasteiger partial charge in [0.2, 0.25) is 0 Å². The zero-order valence-corrected chi connectivity index (χ0v) is 10.7. The molecule has 4 nitrogen and oxygen atoms in total. The number of benzene rings is 1. The number of fused-ring (bicyclic) bond motifs is 1. The molecule has 5 heteroatoms. The Bertz CT molecular complexity index is 798. The fraction of sp³-hybridized carbons (Fsp3) is 0.0714. The van der Waals surface area contributed by atoms with Crippen LogP contribution < -0.4 is 5.56 Å². The van der Waals surface area contributed by atoms with Gasteiger partial charge in [0, 0.05) is 17.8 Å². The summed E-state index contributed by atoms with van der Waals surface area (Å²) in [5.41, 5.74) is 1.41. The number of rotatable bonds is 2. The van der Waals surface area contributed by atoms with Crippen molar-refractivity contribution in [3.63, 3.8) is 0 Å². The highest BCUT2D eigenvalue weighted by atomic mass is 35.5. The molecule has 0 saturated carbocycles. The molecule has 2 heterocycles. The molecular weight excluding hydrogens is 262 g/mol. The third-order valence-electron chi connectivity index (χ3n) is 2.86. The lowest BCUT2D eigenvalue weighted by molar-refractivity contribution is 0.733. The second-order valence-electron chi connectivity index (χ2n) is 4.15. The van der Waals surface area contributed by atoms with Gasteiger partial charge in [0.05, 0.1) is 17.8 Å². The van der Waals surface area contributed by atoms with Crippen LogP contribution in [0.15, 0.2) is 53.6 Å². The van der Waals surface area contributed by atoms with E-state index < -0.39 is 0 Å². The number of halogens is 1. The van der Waals surface area contributed by atoms with Gasteiger partial charge in [0.25, 0.3) is 5.56 Å². The molecule has 0 radical (unpaired) electrons. The lowest BCUT2D eigenvalue weighted by atomic mass is 10.2. The molecule has 0 spiro atoms. The second kappa shape index (κ2) is 4.82. The molecule has 0 amide bonds. The van der Waals surface area contributed by atoms with Crippen LogP contribution in [0.3, 0.4) is 0 Å². The van der Waals surface area contributed by atoms with Gasteiger partial charge in [0.15, 0.2) is 5.15 Å². The van der Waals surface area contributed by atoms with E-state index in [1.165, 1.54) is 10.8 Å². The summed E-state index contributed by atoms with van der Waals surface area (Å²) in [4.78, 5) is 20.0. The number of pyridine rings is 1. The molecule has 2 aromatic heterocycles. The molecule has 19 heavy (non-hydrogen) atoms. The lowest BCUT2D eigenvalue weighted by Crippen LogP contribution is -2.21. The molecule has 0 N–H and O–H groups in total. The Morgan fingerprint density at radius 2 is 2.00 bits per heavy atom. The standard InChI is InChI=1S/C14H10ClN3O/c15-13-14(19)18(8-7-16-13)9-11-6-5-10-3-1-2-4-12(10)17-11/h1-8H,9H2. The van der Waals surface area contributed by atoms with E-state index in [1.54, 1.807) is 6.20 Å². The Kier molecular flexibility index (Phi) is 3.01. The Balaban J connectivity index is 2.01. The summed E-state index contributed by atoms with van der Waals surface area (Å²) in [6.07, 6.45) is 3.11. The largest absolute Gasteiger partial charge is 0.305 e. The third-order valence-corrected chi connectivity index (χ3v) is 3.12. The summed E-state index contributed by atoms with van der Waals surface area (Å²) >= 11 is 5.71. The average molecular weight is 272 g/mol. The van der Waals surface area contributed by atoms with E-state index in [0.717, 1.165) is 16.6 Å². The molecule has 1 aromatic carbocycles. The topological polar surface area (TPSA) is 47.8 Å². The maximum absolute atomic E-state index is 11.8. The Morgan fingerprint density at radius 3 is 2.89 bits per heavy atom. The Hall–Kier alpha value is -2.20. The molecule has 3 rings (SSSR count). The van der Waals surface area contributed by atoms with Crippen LogP contribution in [0.2, 0.25) is 5.15 Å². The molecule has 0 bridgehead atoms. The SMILES string of the molecule is O=c1c(Cl)nccn1Cc1ccc2ccccc2n1. The summed E-state index contributed by atoms with van der Waals surface area (Å²) in [6.45, 7) is 0.381. The molecule has 0 aliphatic heterocycles. The van der Waals surface area contributed by atoms with Crippen LogP contribution in [0.4, 0.5) is 0 Å². The molecule has 0 aliphatic carbocycles. The van der Waals surface area contributed by atoms with Crippen molar-refractivity contribution in [2.75, 3.05) is 0 Å². The molecule has 94 valence electrons. The van der Waals surface area contributed by atoms with Gasteiger partial charge in [0.1, 0.15) is 0 Å². The van der Waals surface area contributed by atoms with Gasteiger partial charge in [-0.3, -0.25) is 9.78 Å². The molecular formula is C14H10ClN3O. The quantitative estimate of drug-likeness (QED) is 0.719. The Morgan fingerprint density at radius 1 is 1.16 bits per heavy atom. The first-order valence-electron chi connectivity index (χ1n) is 5.80. The van der Waals surface area contributed by atoms with Crippen molar-refractivity contribution in [3.05, 3.63) is 70.0 Å². The van der Waals surface area contributed by atoms with Crippen molar-refractivity contribution in [2.45, 2.75) is 6.54 Å². The van der Waals surface area contributed by atoms with E-state index in [2.05, 4.69) is 9.97 Å². The maximum Gasteiger partial charge on any atom is 0.288 e. The highest BCUT2D eigenvalue weighted by Crippen LogP contribution is 2.12. The monoisotopic (exact) mass is 271 g/mol. The third kappa shape index (κ3) is 2.35. The summed E-state index contributed by atoms with van der Waals surface area (Å²) in [5.74, 6) is 0. The van der Waals surface area contributed by atoms with Crippen molar-refractivity contribution in [2.24, 2.45) is 0 Å². The second-order valence-corrected chi connectivity index (χ2v) is 4.50. The van der Waals surface area contributed by atoms with E-state index >= 15 is 0 Å². The van der Waals surface area contributed by atoms with Gasteiger partial charge in [-0.2, -0.15) is 0 Å². The lowest BCUT2D eigenvalue weighted by Gasteiger charge is -2.06. The fourth-order valence-corrected chi connectivity index (χ4v) is 2.08. The summed E-state index contributed by atoms with van der Waals surface area (Å²) in [6, 6.07) is 11.8. The van der Waals surface area contributed by atoms with Crippen molar-refractivity contribution in [3.8, 4) is 0 Å². The zero-order valence-electron chi connectivity index (χ0n) is 9.95. The van der Waals surface area contributed by atoms with Crippen LogP contribution in [-0.4, -0.2) is 14.5 Å². The zero-order chi connectivity index (χ0) is 13.2. The minimum Gasteiger partial charge on any atom is -0.305 e. The van der Waals surface area contributed by atoms with Crippen LogP contribution in [0, 0.1) is 0 Å². The van der Waals surface area contributed by atoms with Crippen LogP contribution in [0.1, 0.15) is 5.69 Å². The van der Waals surface area contributed by atoms with E-state index in [0.29, 0.717) is 6.54 Å². The summed E-state index contributed by atoms with van der Waals surface area (Å²) in [7, 11) is 0. The van der Waals surface area contributed by atoms with E-state index in [4.69, 9.17) is 11.6 Å². The highest BCUT2D eigenvalue weighted by molar-refractivity contribution is 6.29. The number of para-hydroxylation sites is 1. The van der Waals surface area contributed by atoms with Gasteiger partial charge in [-0.25, -0.2) is 4.98 Å². The van der Waals surface area contributed by atoms with Gasteiger partial charge in [-0.15, -0.1) is 0 Å². The molecule has 0 atom stereocenters. The van der Waals surface area contributed by atoms with E-state index in [9.17, 15) is 4.79 Å². The molecule has 0 fully saturated rings. The number of hydrogen-bond donors (Lipinski definition) is 0. The maximum atomic E-state index is 11.8. The van der Waals surface area contributed by atoms with Crippen LogP contribution in [-0.2, 0) is 6.54 Å². The first-order chi connectivity index (χ1) is 9.24. The van der Waals surface area contributed by atoms with Gasteiger partial charge in [-0.05, 0) is 12.1 Å². The predicted molar refractivity (Wildman–Crippen MR) is 74.4 cm³/mol. The molecule has 3 aromatic rings. The predicted octanol–water partition coefficient (Wildman–Crippen LogP) is 2.49. The van der Waals surface area contributed by atoms with Gasteiger partial charge < -0.3 is 4.57 Å². The van der Waals surface area contributed by atoms with Crippen molar-refractivity contribution in [1.29, 1.82) is 0 Å². The molecule has 0 unspecified atom stereocenters. The summed E-state index contributed by atoms with van der Waals surface area (Å²) < 4.78 is 1.49. The van der Waals surface area contributed by atoms with Crippen molar-refractivity contribution < 1.29 is 0 Å². The fourth-order valence-electron chi connectivity index (χ4n) is 1.92. The van der Waals surface area contributed by atoms with Crippen LogP contribution in [0.25, 0.3) is 10.9 Å². The Labute approximate surface area is 114 Å². The van der Waals surface area contributed by atoms with Crippen LogP contribution >= 0.6 is 11.6 Å². The molecule has 0 saturated heterocycles. The van der Waals surface area contributed by atoms with Crippen LogP contribution in [0.5, 0.6) is 0 Å². The van der Waals surface area contributed by atoms with Gasteiger partial charge in [-0.1, -0.05) is 35.9 Å². The first-order valence-corrected chi connectivity index (χ1v) is 6.17.